The highest BCUT2D eigenvalue weighted by Gasteiger charge is 2.15. The molecular formula is C17H18O6. The first-order valence-electron chi connectivity index (χ1n) is 6.98. The van der Waals surface area contributed by atoms with Gasteiger partial charge in [0, 0.05) is 0 Å². The van der Waals surface area contributed by atoms with Crippen molar-refractivity contribution in [3.05, 3.63) is 48.5 Å². The predicted molar refractivity (Wildman–Crippen MR) is 83.5 cm³/mol. The average Bonchev–Trinajstić information content (AvgIpc) is 2.59. The standard InChI is InChI=1S/C17H18O6/c1-19-14-9-6-10-15(16(14)20-2)23-17(18)22-12-11-21-13-7-4-3-5-8-13/h3-10H,11-12H2,1-2H3. The molecule has 23 heavy (non-hydrogen) atoms. The summed E-state index contributed by atoms with van der Waals surface area (Å²) in [5.74, 6) is 1.72. The minimum absolute atomic E-state index is 0.0695. The van der Waals surface area contributed by atoms with E-state index >= 15 is 0 Å². The third-order valence-corrected chi connectivity index (χ3v) is 2.88. The van der Waals surface area contributed by atoms with Gasteiger partial charge >= 0.3 is 6.16 Å². The van der Waals surface area contributed by atoms with Crippen LogP contribution in [0, 0.1) is 0 Å². The van der Waals surface area contributed by atoms with Crippen LogP contribution in [0.25, 0.3) is 0 Å². The zero-order valence-corrected chi connectivity index (χ0v) is 13.0. The Morgan fingerprint density at radius 3 is 2.30 bits per heavy atom. The maximum Gasteiger partial charge on any atom is 0.514 e. The second-order valence-corrected chi connectivity index (χ2v) is 4.35. The molecular weight excluding hydrogens is 300 g/mol. The lowest BCUT2D eigenvalue weighted by Crippen LogP contribution is -2.16. The fraction of sp³-hybridized carbons (Fsp3) is 0.235. The topological polar surface area (TPSA) is 63.2 Å². The first-order chi connectivity index (χ1) is 11.2. The van der Waals surface area contributed by atoms with Gasteiger partial charge in [-0.25, -0.2) is 4.79 Å². The van der Waals surface area contributed by atoms with Gasteiger partial charge in [0.1, 0.15) is 19.0 Å². The molecule has 122 valence electrons. The SMILES string of the molecule is COc1cccc(OC(=O)OCCOc2ccccc2)c1OC. The van der Waals surface area contributed by atoms with Gasteiger partial charge in [-0.1, -0.05) is 24.3 Å². The van der Waals surface area contributed by atoms with Gasteiger partial charge in [0.25, 0.3) is 0 Å². The molecule has 0 fully saturated rings. The van der Waals surface area contributed by atoms with Crippen LogP contribution in [-0.4, -0.2) is 33.6 Å². The fourth-order valence-corrected chi connectivity index (χ4v) is 1.86. The van der Waals surface area contributed by atoms with Crippen molar-refractivity contribution >= 4 is 6.16 Å². The van der Waals surface area contributed by atoms with Crippen LogP contribution < -0.4 is 18.9 Å². The molecule has 0 atom stereocenters. The summed E-state index contributed by atoms with van der Waals surface area (Å²) in [6.45, 7) is 0.300. The van der Waals surface area contributed by atoms with Crippen LogP contribution in [0.15, 0.2) is 48.5 Å². The Morgan fingerprint density at radius 2 is 1.61 bits per heavy atom. The number of carbonyl (C=O) groups is 1. The number of hydrogen-bond acceptors (Lipinski definition) is 6. The molecule has 0 amide bonds. The lowest BCUT2D eigenvalue weighted by Gasteiger charge is -2.12. The summed E-state index contributed by atoms with van der Waals surface area (Å²) in [6.07, 6.45) is -0.840. The van der Waals surface area contributed by atoms with E-state index < -0.39 is 6.16 Å². The summed E-state index contributed by atoms with van der Waals surface area (Å²) >= 11 is 0. The van der Waals surface area contributed by atoms with Crippen LogP contribution in [0.1, 0.15) is 0 Å². The summed E-state index contributed by atoms with van der Waals surface area (Å²) in [7, 11) is 2.96. The number of hydrogen-bond donors (Lipinski definition) is 0. The number of benzene rings is 2. The average molecular weight is 318 g/mol. The fourth-order valence-electron chi connectivity index (χ4n) is 1.86. The molecule has 0 unspecified atom stereocenters. The molecule has 0 aliphatic rings. The summed E-state index contributed by atoms with van der Waals surface area (Å²) in [5, 5.41) is 0. The van der Waals surface area contributed by atoms with E-state index in [1.807, 2.05) is 30.3 Å². The van der Waals surface area contributed by atoms with Gasteiger partial charge in [-0.15, -0.1) is 0 Å². The predicted octanol–water partition coefficient (Wildman–Crippen LogP) is 3.30. The lowest BCUT2D eigenvalue weighted by molar-refractivity contribution is 0.0837. The van der Waals surface area contributed by atoms with Crippen LogP contribution in [0.5, 0.6) is 23.0 Å². The number of methoxy groups -OCH3 is 2. The van der Waals surface area contributed by atoms with Crippen LogP contribution in [0.2, 0.25) is 0 Å². The van der Waals surface area contributed by atoms with E-state index in [4.69, 9.17) is 23.7 Å². The molecule has 0 saturated heterocycles. The summed E-state index contributed by atoms with van der Waals surface area (Å²) < 4.78 is 25.8. The second kappa shape index (κ2) is 8.53. The molecule has 0 saturated carbocycles. The number of carbonyl (C=O) groups excluding carboxylic acids is 1. The Labute approximate surface area is 134 Å². The van der Waals surface area contributed by atoms with Crippen molar-refractivity contribution in [2.24, 2.45) is 0 Å². The number of rotatable bonds is 7. The Bertz CT molecular complexity index is 626. The van der Waals surface area contributed by atoms with Crippen molar-refractivity contribution in [2.45, 2.75) is 0 Å². The van der Waals surface area contributed by atoms with E-state index in [2.05, 4.69) is 0 Å². The Balaban J connectivity index is 1.81. The van der Waals surface area contributed by atoms with Gasteiger partial charge in [-0.2, -0.15) is 0 Å². The van der Waals surface area contributed by atoms with E-state index in [0.29, 0.717) is 17.2 Å². The molecule has 0 bridgehead atoms. The second-order valence-electron chi connectivity index (χ2n) is 4.35. The summed E-state index contributed by atoms with van der Waals surface area (Å²) in [6, 6.07) is 14.2. The van der Waals surface area contributed by atoms with Crippen molar-refractivity contribution in [2.75, 3.05) is 27.4 Å². The summed E-state index contributed by atoms with van der Waals surface area (Å²) in [5.41, 5.74) is 0. The van der Waals surface area contributed by atoms with Crippen molar-refractivity contribution < 1.29 is 28.5 Å². The van der Waals surface area contributed by atoms with E-state index in [-0.39, 0.29) is 19.0 Å². The monoisotopic (exact) mass is 318 g/mol. The smallest absolute Gasteiger partial charge is 0.493 e. The van der Waals surface area contributed by atoms with Crippen molar-refractivity contribution in [1.29, 1.82) is 0 Å². The molecule has 0 aliphatic heterocycles. The maximum atomic E-state index is 11.7. The largest absolute Gasteiger partial charge is 0.514 e. The highest BCUT2D eigenvalue weighted by atomic mass is 16.7. The highest BCUT2D eigenvalue weighted by molar-refractivity contribution is 5.66. The first kappa shape index (κ1) is 16.5. The van der Waals surface area contributed by atoms with E-state index in [9.17, 15) is 4.79 Å². The molecule has 6 heteroatoms. The van der Waals surface area contributed by atoms with E-state index in [1.165, 1.54) is 14.2 Å². The lowest BCUT2D eigenvalue weighted by atomic mass is 10.3. The maximum absolute atomic E-state index is 11.7. The molecule has 0 aromatic heterocycles. The van der Waals surface area contributed by atoms with Gasteiger partial charge in [0.2, 0.25) is 5.75 Å². The number of para-hydroxylation sites is 2. The van der Waals surface area contributed by atoms with Crippen molar-refractivity contribution in [3.63, 3.8) is 0 Å². The van der Waals surface area contributed by atoms with Gasteiger partial charge < -0.3 is 23.7 Å². The third-order valence-electron chi connectivity index (χ3n) is 2.88. The Morgan fingerprint density at radius 1 is 0.870 bits per heavy atom. The Kier molecular flexibility index (Phi) is 6.11. The zero-order valence-electron chi connectivity index (χ0n) is 13.0. The van der Waals surface area contributed by atoms with Crippen LogP contribution >= 0.6 is 0 Å². The molecule has 0 spiro atoms. The minimum atomic E-state index is -0.840. The van der Waals surface area contributed by atoms with Crippen molar-refractivity contribution in [3.8, 4) is 23.0 Å². The molecule has 0 aliphatic carbocycles. The highest BCUT2D eigenvalue weighted by Crippen LogP contribution is 2.36. The first-order valence-corrected chi connectivity index (χ1v) is 6.98. The Hall–Kier alpha value is -2.89. The van der Waals surface area contributed by atoms with E-state index in [1.54, 1.807) is 18.2 Å². The number of ether oxygens (including phenoxy) is 5. The zero-order chi connectivity index (χ0) is 16.5. The molecule has 2 aromatic carbocycles. The van der Waals surface area contributed by atoms with Gasteiger partial charge in [-0.3, -0.25) is 0 Å². The quantitative estimate of drug-likeness (QED) is 0.443. The summed E-state index contributed by atoms with van der Waals surface area (Å²) in [4.78, 5) is 11.7. The molecule has 2 rings (SSSR count). The van der Waals surface area contributed by atoms with E-state index in [0.717, 1.165) is 0 Å². The van der Waals surface area contributed by atoms with Gasteiger partial charge in [-0.05, 0) is 24.3 Å². The normalized spacial score (nSPS) is 9.83. The van der Waals surface area contributed by atoms with Crippen LogP contribution in [0.4, 0.5) is 4.79 Å². The van der Waals surface area contributed by atoms with Crippen LogP contribution in [-0.2, 0) is 4.74 Å². The molecule has 0 N–H and O–H groups in total. The van der Waals surface area contributed by atoms with Gasteiger partial charge in [0.15, 0.2) is 11.5 Å². The third kappa shape index (κ3) is 4.81. The molecule has 0 radical (unpaired) electrons. The minimum Gasteiger partial charge on any atom is -0.493 e. The van der Waals surface area contributed by atoms with Crippen molar-refractivity contribution in [1.82, 2.24) is 0 Å². The van der Waals surface area contributed by atoms with Crippen LogP contribution in [0.3, 0.4) is 0 Å². The van der Waals surface area contributed by atoms with Gasteiger partial charge in [0.05, 0.1) is 14.2 Å². The molecule has 6 nitrogen and oxygen atoms in total. The molecule has 2 aromatic rings. The molecule has 0 heterocycles.